The predicted octanol–water partition coefficient (Wildman–Crippen LogP) is 3.76. The van der Waals surface area contributed by atoms with Crippen LogP contribution < -0.4 is 5.32 Å². The SMILES string of the molecule is O=C(CCNc1ccccc1[N+](=O)[O-])N1CCCC1c1ccccc1. The van der Waals surface area contributed by atoms with E-state index in [2.05, 4.69) is 17.4 Å². The van der Waals surface area contributed by atoms with Gasteiger partial charge in [0.1, 0.15) is 5.69 Å². The second-order valence-electron chi connectivity index (χ2n) is 6.11. The zero-order valence-electron chi connectivity index (χ0n) is 13.9. The summed E-state index contributed by atoms with van der Waals surface area (Å²) in [6.07, 6.45) is 2.30. The molecule has 130 valence electrons. The van der Waals surface area contributed by atoms with Gasteiger partial charge in [-0.15, -0.1) is 0 Å². The van der Waals surface area contributed by atoms with Crippen LogP contribution in [0.1, 0.15) is 30.9 Å². The monoisotopic (exact) mass is 339 g/mol. The molecule has 0 aliphatic carbocycles. The first-order valence-electron chi connectivity index (χ1n) is 8.48. The summed E-state index contributed by atoms with van der Waals surface area (Å²) in [5.41, 5.74) is 1.64. The van der Waals surface area contributed by atoms with Gasteiger partial charge in [0, 0.05) is 25.6 Å². The van der Waals surface area contributed by atoms with Crippen molar-refractivity contribution >= 4 is 17.3 Å². The highest BCUT2D eigenvalue weighted by molar-refractivity contribution is 5.78. The lowest BCUT2D eigenvalue weighted by molar-refractivity contribution is -0.384. The Labute approximate surface area is 146 Å². The van der Waals surface area contributed by atoms with Gasteiger partial charge in [0.2, 0.25) is 5.91 Å². The van der Waals surface area contributed by atoms with E-state index < -0.39 is 4.92 Å². The maximum atomic E-state index is 12.6. The standard InChI is InChI=1S/C19H21N3O3/c23-19(12-13-20-16-9-4-5-10-18(16)22(24)25)21-14-6-11-17(21)15-7-2-1-3-8-15/h1-5,7-10,17,20H,6,11-14H2. The third-order valence-corrected chi connectivity index (χ3v) is 4.51. The molecule has 1 fully saturated rings. The Morgan fingerprint density at radius 1 is 1.16 bits per heavy atom. The Balaban J connectivity index is 1.59. The normalized spacial score (nSPS) is 16.6. The van der Waals surface area contributed by atoms with Crippen molar-refractivity contribution < 1.29 is 9.72 Å². The summed E-state index contributed by atoms with van der Waals surface area (Å²) in [5.74, 6) is 0.0810. The topological polar surface area (TPSA) is 75.5 Å². The highest BCUT2D eigenvalue weighted by atomic mass is 16.6. The van der Waals surface area contributed by atoms with Gasteiger partial charge in [0.25, 0.3) is 5.69 Å². The Kier molecular flexibility index (Phi) is 5.28. The molecule has 6 nitrogen and oxygen atoms in total. The molecule has 6 heteroatoms. The number of likely N-dealkylation sites (tertiary alicyclic amines) is 1. The number of carbonyl (C=O) groups is 1. The molecule has 25 heavy (non-hydrogen) atoms. The molecule has 1 amide bonds. The van der Waals surface area contributed by atoms with E-state index in [4.69, 9.17) is 0 Å². The molecular formula is C19H21N3O3. The van der Waals surface area contributed by atoms with Gasteiger partial charge in [-0.25, -0.2) is 0 Å². The number of nitro groups is 1. The van der Waals surface area contributed by atoms with Crippen molar-refractivity contribution in [3.63, 3.8) is 0 Å². The average molecular weight is 339 g/mol. The van der Waals surface area contributed by atoms with Crippen LogP contribution in [0.5, 0.6) is 0 Å². The van der Waals surface area contributed by atoms with Crippen LogP contribution in [0.3, 0.4) is 0 Å². The van der Waals surface area contributed by atoms with Gasteiger partial charge >= 0.3 is 0 Å². The smallest absolute Gasteiger partial charge is 0.292 e. The molecule has 1 atom stereocenters. The minimum absolute atomic E-state index is 0.0262. The molecule has 0 spiro atoms. The first-order chi connectivity index (χ1) is 12.2. The molecule has 1 saturated heterocycles. The minimum atomic E-state index is -0.421. The molecule has 0 bridgehead atoms. The van der Waals surface area contributed by atoms with Crippen LogP contribution in [0.4, 0.5) is 11.4 Å². The first kappa shape index (κ1) is 17.0. The van der Waals surface area contributed by atoms with E-state index in [0.717, 1.165) is 19.4 Å². The van der Waals surface area contributed by atoms with Crippen LogP contribution >= 0.6 is 0 Å². The van der Waals surface area contributed by atoms with Crippen molar-refractivity contribution in [3.8, 4) is 0 Å². The Morgan fingerprint density at radius 2 is 1.88 bits per heavy atom. The largest absolute Gasteiger partial charge is 0.379 e. The van der Waals surface area contributed by atoms with Crippen LogP contribution in [0.15, 0.2) is 54.6 Å². The van der Waals surface area contributed by atoms with E-state index in [0.29, 0.717) is 18.7 Å². The summed E-state index contributed by atoms with van der Waals surface area (Å²) in [4.78, 5) is 25.1. The molecule has 2 aromatic carbocycles. The second kappa shape index (κ2) is 7.79. The number of amides is 1. The van der Waals surface area contributed by atoms with E-state index in [1.807, 2.05) is 23.1 Å². The number of nitrogens with zero attached hydrogens (tertiary/aromatic N) is 2. The molecule has 0 radical (unpaired) electrons. The van der Waals surface area contributed by atoms with E-state index in [1.54, 1.807) is 18.2 Å². The van der Waals surface area contributed by atoms with Gasteiger partial charge in [-0.3, -0.25) is 14.9 Å². The maximum absolute atomic E-state index is 12.6. The summed E-state index contributed by atoms with van der Waals surface area (Å²) in [5, 5.41) is 14.0. The van der Waals surface area contributed by atoms with Gasteiger partial charge in [-0.1, -0.05) is 42.5 Å². The van der Waals surface area contributed by atoms with E-state index >= 15 is 0 Å². The molecular weight excluding hydrogens is 318 g/mol. The first-order valence-corrected chi connectivity index (χ1v) is 8.48. The lowest BCUT2D eigenvalue weighted by Crippen LogP contribution is -2.31. The summed E-state index contributed by atoms with van der Waals surface area (Å²) < 4.78 is 0. The van der Waals surface area contributed by atoms with E-state index in [1.165, 1.54) is 11.6 Å². The fourth-order valence-corrected chi connectivity index (χ4v) is 3.32. The van der Waals surface area contributed by atoms with Crippen molar-refractivity contribution in [2.75, 3.05) is 18.4 Å². The number of hydrogen-bond acceptors (Lipinski definition) is 4. The van der Waals surface area contributed by atoms with Crippen molar-refractivity contribution in [1.29, 1.82) is 0 Å². The van der Waals surface area contributed by atoms with Crippen molar-refractivity contribution in [1.82, 2.24) is 4.90 Å². The number of nitro benzene ring substituents is 1. The molecule has 0 aromatic heterocycles. The number of carbonyl (C=O) groups excluding carboxylic acids is 1. The fraction of sp³-hybridized carbons (Fsp3) is 0.316. The van der Waals surface area contributed by atoms with Crippen LogP contribution in [-0.2, 0) is 4.79 Å². The highest BCUT2D eigenvalue weighted by Crippen LogP contribution is 2.32. The number of hydrogen-bond donors (Lipinski definition) is 1. The Hall–Kier alpha value is -2.89. The van der Waals surface area contributed by atoms with Gasteiger partial charge in [-0.05, 0) is 24.5 Å². The summed E-state index contributed by atoms with van der Waals surface area (Å²) in [6, 6.07) is 16.7. The quantitative estimate of drug-likeness (QED) is 0.642. The number of para-hydroxylation sites is 2. The number of rotatable bonds is 6. The lowest BCUT2D eigenvalue weighted by Gasteiger charge is -2.25. The Morgan fingerprint density at radius 3 is 2.64 bits per heavy atom. The fourth-order valence-electron chi connectivity index (χ4n) is 3.32. The van der Waals surface area contributed by atoms with E-state index in [-0.39, 0.29) is 17.6 Å². The van der Waals surface area contributed by atoms with Crippen LogP contribution in [0.2, 0.25) is 0 Å². The van der Waals surface area contributed by atoms with Crippen LogP contribution in [0, 0.1) is 10.1 Å². The van der Waals surface area contributed by atoms with Gasteiger partial charge in [0.15, 0.2) is 0 Å². The summed E-state index contributed by atoms with van der Waals surface area (Å²) in [7, 11) is 0. The van der Waals surface area contributed by atoms with Gasteiger partial charge in [0.05, 0.1) is 11.0 Å². The molecule has 1 N–H and O–H groups in total. The molecule has 1 aliphatic rings. The number of nitrogens with one attached hydrogen (secondary N) is 1. The average Bonchev–Trinajstić information content (AvgIpc) is 3.12. The highest BCUT2D eigenvalue weighted by Gasteiger charge is 2.29. The maximum Gasteiger partial charge on any atom is 0.292 e. The Bertz CT molecular complexity index is 749. The minimum Gasteiger partial charge on any atom is -0.379 e. The zero-order chi connectivity index (χ0) is 17.6. The van der Waals surface area contributed by atoms with Gasteiger partial charge in [-0.2, -0.15) is 0 Å². The van der Waals surface area contributed by atoms with E-state index in [9.17, 15) is 14.9 Å². The van der Waals surface area contributed by atoms with Crippen LogP contribution in [-0.4, -0.2) is 28.8 Å². The predicted molar refractivity (Wildman–Crippen MR) is 96.3 cm³/mol. The number of anilines is 1. The molecule has 1 heterocycles. The molecule has 3 rings (SSSR count). The molecule has 0 saturated carbocycles. The summed E-state index contributed by atoms with van der Waals surface area (Å²) in [6.45, 7) is 1.14. The second-order valence-corrected chi connectivity index (χ2v) is 6.11. The zero-order valence-corrected chi connectivity index (χ0v) is 13.9. The van der Waals surface area contributed by atoms with Gasteiger partial charge < -0.3 is 10.2 Å². The third-order valence-electron chi connectivity index (χ3n) is 4.51. The summed E-state index contributed by atoms with van der Waals surface area (Å²) >= 11 is 0. The van der Waals surface area contributed by atoms with Crippen molar-refractivity contribution in [3.05, 3.63) is 70.3 Å². The van der Waals surface area contributed by atoms with Crippen molar-refractivity contribution in [2.24, 2.45) is 0 Å². The number of benzene rings is 2. The molecule has 1 unspecified atom stereocenters. The lowest BCUT2D eigenvalue weighted by atomic mass is 10.0. The third kappa shape index (κ3) is 3.96. The molecule has 2 aromatic rings. The van der Waals surface area contributed by atoms with Crippen molar-refractivity contribution in [2.45, 2.75) is 25.3 Å². The molecule has 1 aliphatic heterocycles. The van der Waals surface area contributed by atoms with Crippen LogP contribution in [0.25, 0.3) is 0 Å².